The third kappa shape index (κ3) is 1.83. The minimum Gasteiger partial charge on any atom is -0.507 e. The number of anilines is 1. The highest BCUT2D eigenvalue weighted by molar-refractivity contribution is 9.10. The van der Waals surface area contributed by atoms with E-state index in [1.165, 1.54) is 0 Å². The summed E-state index contributed by atoms with van der Waals surface area (Å²) >= 11 is 3.38. The molecule has 0 unspecified atom stereocenters. The number of phenolic OH excluding ortho intramolecular Hbond substituents is 1. The van der Waals surface area contributed by atoms with Gasteiger partial charge in [-0.25, -0.2) is 0 Å². The molecule has 2 rings (SSSR count). The van der Waals surface area contributed by atoms with E-state index in [-0.39, 0.29) is 5.75 Å². The van der Waals surface area contributed by atoms with Crippen molar-refractivity contribution in [3.8, 4) is 17.1 Å². The maximum absolute atomic E-state index is 9.73. The minimum absolute atomic E-state index is 0.145. The van der Waals surface area contributed by atoms with Gasteiger partial charge in [-0.15, -0.1) is 0 Å². The lowest BCUT2D eigenvalue weighted by Gasteiger charge is -2.03. The zero-order valence-electron chi connectivity index (χ0n) is 7.99. The molecule has 0 fully saturated rings. The van der Waals surface area contributed by atoms with E-state index in [0.29, 0.717) is 17.1 Å². The number of aromatic nitrogens is 1. The molecule has 0 atom stereocenters. The maximum Gasteiger partial charge on any atom is 0.172 e. The maximum atomic E-state index is 9.73. The van der Waals surface area contributed by atoms with Crippen molar-refractivity contribution in [2.45, 2.75) is 6.92 Å². The van der Waals surface area contributed by atoms with Crippen LogP contribution in [0.4, 0.5) is 5.82 Å². The van der Waals surface area contributed by atoms with Gasteiger partial charge in [-0.3, -0.25) is 0 Å². The molecule has 0 aliphatic carbocycles. The third-order valence-corrected chi connectivity index (χ3v) is 2.93. The Kier molecular flexibility index (Phi) is 2.40. The van der Waals surface area contributed by atoms with Crippen molar-refractivity contribution in [3.05, 3.63) is 28.2 Å². The standard InChI is InChI=1S/C10H9BrN2O2/c1-5-2-8(14)6(3-7(5)11)9-4-10(12)13-15-9/h2-4,14H,1H3,(H2,12,13). The molecule has 4 nitrogen and oxygen atoms in total. The predicted octanol–water partition coefficient (Wildman–Crippen LogP) is 2.70. The molecule has 5 heteroatoms. The summed E-state index contributed by atoms with van der Waals surface area (Å²) in [5.41, 5.74) is 6.95. The molecule has 0 saturated carbocycles. The first-order valence-corrected chi connectivity index (χ1v) is 5.09. The van der Waals surface area contributed by atoms with Crippen molar-refractivity contribution in [2.75, 3.05) is 5.73 Å². The van der Waals surface area contributed by atoms with Crippen molar-refractivity contribution < 1.29 is 9.63 Å². The van der Waals surface area contributed by atoms with E-state index in [1.807, 2.05) is 6.92 Å². The molecule has 2 aromatic rings. The topological polar surface area (TPSA) is 72.3 Å². The Morgan fingerprint density at radius 3 is 2.73 bits per heavy atom. The zero-order chi connectivity index (χ0) is 11.0. The van der Waals surface area contributed by atoms with Gasteiger partial charge in [0.1, 0.15) is 5.75 Å². The fourth-order valence-corrected chi connectivity index (χ4v) is 1.62. The van der Waals surface area contributed by atoms with Gasteiger partial charge in [0, 0.05) is 10.5 Å². The number of nitrogens with two attached hydrogens (primary N) is 1. The van der Waals surface area contributed by atoms with E-state index in [1.54, 1.807) is 18.2 Å². The summed E-state index contributed by atoms with van der Waals surface area (Å²) in [7, 11) is 0. The highest BCUT2D eigenvalue weighted by Crippen LogP contribution is 2.34. The second-order valence-corrected chi connectivity index (χ2v) is 4.09. The van der Waals surface area contributed by atoms with Crippen molar-refractivity contribution in [1.82, 2.24) is 5.16 Å². The lowest BCUT2D eigenvalue weighted by Crippen LogP contribution is -1.81. The summed E-state index contributed by atoms with van der Waals surface area (Å²) < 4.78 is 5.86. The van der Waals surface area contributed by atoms with E-state index in [2.05, 4.69) is 21.1 Å². The average molecular weight is 269 g/mol. The number of nitrogens with zero attached hydrogens (tertiary/aromatic N) is 1. The molecule has 1 aromatic heterocycles. The van der Waals surface area contributed by atoms with Crippen molar-refractivity contribution in [2.24, 2.45) is 0 Å². The van der Waals surface area contributed by atoms with Gasteiger partial charge in [-0.2, -0.15) is 0 Å². The van der Waals surface area contributed by atoms with E-state index in [4.69, 9.17) is 10.3 Å². The van der Waals surface area contributed by atoms with Crippen LogP contribution >= 0.6 is 15.9 Å². The van der Waals surface area contributed by atoms with E-state index < -0.39 is 0 Å². The fourth-order valence-electron chi connectivity index (χ4n) is 1.28. The second kappa shape index (κ2) is 3.58. The summed E-state index contributed by atoms with van der Waals surface area (Å²) in [5, 5.41) is 13.3. The van der Waals surface area contributed by atoms with Crippen LogP contribution in [0.25, 0.3) is 11.3 Å². The Balaban J connectivity index is 2.58. The van der Waals surface area contributed by atoms with Crippen LogP contribution < -0.4 is 5.73 Å². The Morgan fingerprint density at radius 1 is 1.40 bits per heavy atom. The summed E-state index contributed by atoms with van der Waals surface area (Å²) in [6.45, 7) is 1.89. The minimum atomic E-state index is 0.145. The van der Waals surface area contributed by atoms with Gasteiger partial charge in [0.25, 0.3) is 0 Å². The molecule has 1 aromatic carbocycles. The highest BCUT2D eigenvalue weighted by Gasteiger charge is 2.11. The van der Waals surface area contributed by atoms with Gasteiger partial charge < -0.3 is 15.4 Å². The van der Waals surface area contributed by atoms with E-state index in [9.17, 15) is 5.11 Å². The monoisotopic (exact) mass is 268 g/mol. The first-order chi connectivity index (χ1) is 7.08. The molecule has 0 saturated heterocycles. The lowest BCUT2D eigenvalue weighted by molar-refractivity contribution is 0.429. The normalized spacial score (nSPS) is 10.5. The molecule has 15 heavy (non-hydrogen) atoms. The number of nitrogen functional groups attached to an aromatic ring is 1. The first kappa shape index (κ1) is 10.0. The first-order valence-electron chi connectivity index (χ1n) is 4.29. The number of rotatable bonds is 1. The van der Waals surface area contributed by atoms with Gasteiger partial charge >= 0.3 is 0 Å². The van der Waals surface area contributed by atoms with E-state index in [0.717, 1.165) is 10.0 Å². The SMILES string of the molecule is Cc1cc(O)c(-c2cc(N)no2)cc1Br. The summed E-state index contributed by atoms with van der Waals surface area (Å²) in [6.07, 6.45) is 0. The van der Waals surface area contributed by atoms with Gasteiger partial charge in [0.2, 0.25) is 0 Å². The van der Waals surface area contributed by atoms with Crippen molar-refractivity contribution in [1.29, 1.82) is 0 Å². The molecule has 0 amide bonds. The molecule has 0 radical (unpaired) electrons. The summed E-state index contributed by atoms with van der Waals surface area (Å²) in [5.74, 6) is 0.888. The molecule has 0 spiro atoms. The van der Waals surface area contributed by atoms with Gasteiger partial charge in [-0.1, -0.05) is 21.1 Å². The number of aryl methyl sites for hydroxylation is 1. The fraction of sp³-hybridized carbons (Fsp3) is 0.100. The zero-order valence-corrected chi connectivity index (χ0v) is 9.58. The average Bonchev–Trinajstić information content (AvgIpc) is 2.58. The third-order valence-electron chi connectivity index (χ3n) is 2.07. The van der Waals surface area contributed by atoms with Crippen LogP contribution in [0.3, 0.4) is 0 Å². The molecule has 3 N–H and O–H groups in total. The molecular formula is C10H9BrN2O2. The van der Waals surface area contributed by atoms with Crippen LogP contribution in [0.1, 0.15) is 5.56 Å². The van der Waals surface area contributed by atoms with Crippen LogP contribution in [-0.2, 0) is 0 Å². The van der Waals surface area contributed by atoms with Crippen LogP contribution in [0, 0.1) is 6.92 Å². The van der Waals surface area contributed by atoms with Crippen LogP contribution in [0.15, 0.2) is 27.2 Å². The number of phenols is 1. The Hall–Kier alpha value is -1.49. The molecule has 78 valence electrons. The molecule has 1 heterocycles. The number of halogens is 1. The quantitative estimate of drug-likeness (QED) is 0.834. The molecule has 0 aliphatic heterocycles. The predicted molar refractivity (Wildman–Crippen MR) is 60.5 cm³/mol. The van der Waals surface area contributed by atoms with Crippen molar-refractivity contribution >= 4 is 21.7 Å². The van der Waals surface area contributed by atoms with Crippen molar-refractivity contribution in [3.63, 3.8) is 0 Å². The largest absolute Gasteiger partial charge is 0.507 e. The Labute approximate surface area is 94.8 Å². The lowest BCUT2D eigenvalue weighted by atomic mass is 10.1. The smallest absolute Gasteiger partial charge is 0.172 e. The summed E-state index contributed by atoms with van der Waals surface area (Å²) in [6, 6.07) is 4.99. The molecule has 0 bridgehead atoms. The van der Waals surface area contributed by atoms with Gasteiger partial charge in [0.05, 0.1) is 5.56 Å². The Morgan fingerprint density at radius 2 is 2.13 bits per heavy atom. The Bertz CT molecular complexity index is 508. The highest BCUT2D eigenvalue weighted by atomic mass is 79.9. The number of hydrogen-bond acceptors (Lipinski definition) is 4. The number of aromatic hydroxyl groups is 1. The van der Waals surface area contributed by atoms with Gasteiger partial charge in [0.15, 0.2) is 11.6 Å². The molecule has 0 aliphatic rings. The summed E-state index contributed by atoms with van der Waals surface area (Å²) in [4.78, 5) is 0. The molecular weight excluding hydrogens is 260 g/mol. The number of benzene rings is 1. The van der Waals surface area contributed by atoms with Crippen LogP contribution in [0.5, 0.6) is 5.75 Å². The van der Waals surface area contributed by atoms with Crippen LogP contribution in [-0.4, -0.2) is 10.3 Å². The van der Waals surface area contributed by atoms with Gasteiger partial charge in [-0.05, 0) is 24.6 Å². The van der Waals surface area contributed by atoms with E-state index >= 15 is 0 Å². The number of hydrogen-bond donors (Lipinski definition) is 2. The van der Waals surface area contributed by atoms with Crippen LogP contribution in [0.2, 0.25) is 0 Å². The second-order valence-electron chi connectivity index (χ2n) is 3.23.